The van der Waals surface area contributed by atoms with Crippen LogP contribution in [0.25, 0.3) is 0 Å². The normalized spacial score (nSPS) is 11.1. The Hall–Kier alpha value is -2.04. The predicted octanol–water partition coefficient (Wildman–Crippen LogP) is 1.53. The molecule has 0 saturated carbocycles. The molecule has 0 amide bonds. The highest BCUT2D eigenvalue weighted by molar-refractivity contribution is 5.20. The summed E-state index contributed by atoms with van der Waals surface area (Å²) >= 11 is 0. The van der Waals surface area contributed by atoms with Crippen LogP contribution in [0, 0.1) is 10.1 Å². The van der Waals surface area contributed by atoms with Crippen LogP contribution in [0.2, 0.25) is 0 Å². The number of rotatable bonds is 5. The van der Waals surface area contributed by atoms with E-state index in [1.54, 1.807) is 0 Å². The molecular formula is C10H12N2O3. The standard InChI is InChI=1S/C10H12N2O3/c11-9(8-12(13)14)6-7-15-10-4-2-1-3-5-10/h1-5,8H,6-7,11H2/b9-8+. The van der Waals surface area contributed by atoms with Crippen LogP contribution >= 0.6 is 0 Å². The molecule has 1 aromatic rings. The molecule has 0 fully saturated rings. The van der Waals surface area contributed by atoms with E-state index in [1.807, 2.05) is 30.3 Å². The van der Waals surface area contributed by atoms with Crippen molar-refractivity contribution < 1.29 is 9.66 Å². The lowest BCUT2D eigenvalue weighted by Crippen LogP contribution is -2.06. The fraction of sp³-hybridized carbons (Fsp3) is 0.200. The fourth-order valence-corrected chi connectivity index (χ4v) is 1.00. The average Bonchev–Trinajstić information content (AvgIpc) is 2.18. The zero-order valence-corrected chi connectivity index (χ0v) is 8.13. The Balaban J connectivity index is 2.31. The van der Waals surface area contributed by atoms with E-state index in [0.717, 1.165) is 11.9 Å². The van der Waals surface area contributed by atoms with Gasteiger partial charge >= 0.3 is 0 Å². The van der Waals surface area contributed by atoms with Crippen molar-refractivity contribution in [3.8, 4) is 5.75 Å². The molecule has 5 nitrogen and oxygen atoms in total. The minimum Gasteiger partial charge on any atom is -0.493 e. The Bertz CT molecular complexity index is 349. The molecule has 0 radical (unpaired) electrons. The second-order valence-electron chi connectivity index (χ2n) is 2.90. The molecule has 0 aliphatic heterocycles. The highest BCUT2D eigenvalue weighted by Crippen LogP contribution is 2.08. The van der Waals surface area contributed by atoms with Gasteiger partial charge in [0.1, 0.15) is 5.75 Å². The van der Waals surface area contributed by atoms with Crippen molar-refractivity contribution in [1.82, 2.24) is 0 Å². The van der Waals surface area contributed by atoms with Crippen LogP contribution in [0.5, 0.6) is 5.75 Å². The summed E-state index contributed by atoms with van der Waals surface area (Å²) in [5, 5.41) is 10.1. The monoisotopic (exact) mass is 208 g/mol. The van der Waals surface area contributed by atoms with Gasteiger partial charge in [-0.05, 0) is 12.1 Å². The van der Waals surface area contributed by atoms with Crippen LogP contribution in [0.1, 0.15) is 6.42 Å². The molecule has 0 heterocycles. The molecule has 1 aromatic carbocycles. The lowest BCUT2D eigenvalue weighted by molar-refractivity contribution is -0.403. The van der Waals surface area contributed by atoms with E-state index >= 15 is 0 Å². The molecule has 0 aliphatic rings. The third kappa shape index (κ3) is 4.66. The summed E-state index contributed by atoms with van der Waals surface area (Å²) in [6.45, 7) is 0.334. The van der Waals surface area contributed by atoms with Crippen LogP contribution in [0.15, 0.2) is 42.2 Å². The van der Waals surface area contributed by atoms with E-state index in [0.29, 0.717) is 13.0 Å². The Morgan fingerprint density at radius 3 is 2.73 bits per heavy atom. The Kier molecular flexibility index (Phi) is 4.15. The van der Waals surface area contributed by atoms with Crippen molar-refractivity contribution in [1.29, 1.82) is 0 Å². The minimum atomic E-state index is -0.572. The van der Waals surface area contributed by atoms with Crippen molar-refractivity contribution in [2.75, 3.05) is 6.61 Å². The molecule has 80 valence electrons. The van der Waals surface area contributed by atoms with Gasteiger partial charge in [0.25, 0.3) is 6.20 Å². The minimum absolute atomic E-state index is 0.205. The van der Waals surface area contributed by atoms with Crippen LogP contribution in [-0.4, -0.2) is 11.5 Å². The summed E-state index contributed by atoms with van der Waals surface area (Å²) < 4.78 is 5.31. The third-order valence-electron chi connectivity index (χ3n) is 1.67. The molecule has 0 aromatic heterocycles. The first-order chi connectivity index (χ1) is 7.18. The van der Waals surface area contributed by atoms with Crippen LogP contribution in [0.3, 0.4) is 0 Å². The van der Waals surface area contributed by atoms with Gasteiger partial charge in [0.05, 0.1) is 17.2 Å². The average molecular weight is 208 g/mol. The number of benzene rings is 1. The van der Waals surface area contributed by atoms with Crippen molar-refractivity contribution in [2.24, 2.45) is 5.73 Å². The summed E-state index contributed by atoms with van der Waals surface area (Å²) in [5.74, 6) is 0.728. The van der Waals surface area contributed by atoms with Crippen molar-refractivity contribution in [3.63, 3.8) is 0 Å². The van der Waals surface area contributed by atoms with E-state index in [-0.39, 0.29) is 5.70 Å². The van der Waals surface area contributed by atoms with E-state index < -0.39 is 4.92 Å². The number of ether oxygens (including phenoxy) is 1. The predicted molar refractivity (Wildman–Crippen MR) is 55.8 cm³/mol. The number of hydrogen-bond acceptors (Lipinski definition) is 4. The lowest BCUT2D eigenvalue weighted by atomic mass is 10.3. The molecule has 0 atom stereocenters. The molecule has 0 bridgehead atoms. The molecule has 0 unspecified atom stereocenters. The fourth-order valence-electron chi connectivity index (χ4n) is 1.00. The zero-order chi connectivity index (χ0) is 11.1. The maximum absolute atomic E-state index is 10.1. The van der Waals surface area contributed by atoms with E-state index in [1.165, 1.54) is 0 Å². The highest BCUT2D eigenvalue weighted by Gasteiger charge is 1.98. The van der Waals surface area contributed by atoms with Gasteiger partial charge in [-0.25, -0.2) is 0 Å². The molecule has 15 heavy (non-hydrogen) atoms. The van der Waals surface area contributed by atoms with Crippen LogP contribution in [0.4, 0.5) is 0 Å². The van der Waals surface area contributed by atoms with Crippen molar-refractivity contribution in [2.45, 2.75) is 6.42 Å². The first-order valence-corrected chi connectivity index (χ1v) is 4.46. The second kappa shape index (κ2) is 5.64. The second-order valence-corrected chi connectivity index (χ2v) is 2.90. The van der Waals surface area contributed by atoms with Gasteiger partial charge in [0.2, 0.25) is 0 Å². The number of hydrogen-bond donors (Lipinski definition) is 1. The van der Waals surface area contributed by atoms with Gasteiger partial charge in [-0.3, -0.25) is 10.1 Å². The van der Waals surface area contributed by atoms with E-state index in [2.05, 4.69) is 0 Å². The first kappa shape index (κ1) is 11.0. The molecule has 0 spiro atoms. The van der Waals surface area contributed by atoms with E-state index in [4.69, 9.17) is 10.5 Å². The Labute approximate surface area is 87.3 Å². The van der Waals surface area contributed by atoms with Gasteiger partial charge in [0, 0.05) is 6.42 Å². The van der Waals surface area contributed by atoms with Gasteiger partial charge in [-0.15, -0.1) is 0 Å². The largest absolute Gasteiger partial charge is 0.493 e. The highest BCUT2D eigenvalue weighted by atomic mass is 16.6. The summed E-state index contributed by atoms with van der Waals surface area (Å²) in [6, 6.07) is 9.21. The number of nitrogens with zero attached hydrogens (tertiary/aromatic N) is 1. The zero-order valence-electron chi connectivity index (χ0n) is 8.13. The molecule has 1 rings (SSSR count). The SMILES string of the molecule is N/C(=C/[N+](=O)[O-])CCOc1ccccc1. The van der Waals surface area contributed by atoms with Gasteiger partial charge in [-0.2, -0.15) is 0 Å². The maximum atomic E-state index is 10.1. The third-order valence-corrected chi connectivity index (χ3v) is 1.67. The van der Waals surface area contributed by atoms with Crippen molar-refractivity contribution in [3.05, 3.63) is 52.3 Å². The van der Waals surface area contributed by atoms with Crippen LogP contribution < -0.4 is 10.5 Å². The lowest BCUT2D eigenvalue weighted by Gasteiger charge is -2.04. The Morgan fingerprint density at radius 1 is 1.47 bits per heavy atom. The van der Waals surface area contributed by atoms with Crippen LogP contribution in [-0.2, 0) is 0 Å². The summed E-state index contributed by atoms with van der Waals surface area (Å²) in [5.41, 5.74) is 5.58. The first-order valence-electron chi connectivity index (χ1n) is 4.46. The Morgan fingerprint density at radius 2 is 2.13 bits per heavy atom. The summed E-state index contributed by atoms with van der Waals surface area (Å²) in [7, 11) is 0. The maximum Gasteiger partial charge on any atom is 0.253 e. The number of nitro groups is 1. The molecule has 5 heteroatoms. The molecular weight excluding hydrogens is 196 g/mol. The molecule has 2 N–H and O–H groups in total. The summed E-state index contributed by atoms with van der Waals surface area (Å²) in [6.07, 6.45) is 1.13. The van der Waals surface area contributed by atoms with Gasteiger partial charge in [-0.1, -0.05) is 18.2 Å². The van der Waals surface area contributed by atoms with Crippen molar-refractivity contribution >= 4 is 0 Å². The molecule has 0 saturated heterocycles. The van der Waals surface area contributed by atoms with E-state index in [9.17, 15) is 10.1 Å². The molecule has 0 aliphatic carbocycles. The quantitative estimate of drug-likeness (QED) is 0.588. The smallest absolute Gasteiger partial charge is 0.253 e. The summed E-state index contributed by atoms with van der Waals surface area (Å²) in [4.78, 5) is 9.48. The van der Waals surface area contributed by atoms with Gasteiger partial charge in [0.15, 0.2) is 0 Å². The number of para-hydroxylation sites is 1. The van der Waals surface area contributed by atoms with Gasteiger partial charge < -0.3 is 10.5 Å². The topological polar surface area (TPSA) is 78.4 Å². The number of nitrogens with two attached hydrogens (primary N) is 1.